The second-order valence-corrected chi connectivity index (χ2v) is 15.0. The number of likely N-dealkylation sites (tertiary alicyclic amines) is 1. The molecule has 9 heteroatoms. The van der Waals surface area contributed by atoms with Crippen LogP contribution in [0.4, 0.5) is 5.69 Å². The molecule has 1 spiro atoms. The van der Waals surface area contributed by atoms with Crippen molar-refractivity contribution >= 4 is 35.2 Å². The molecule has 0 saturated carbocycles. The standard InChI is InChI=1S/C38H49N3O5S/c1-6-10-24-39(22-7-2)36(45)33-38-21-20-37(5,47-38)31(34(43)40(23-8-3)28-16-18-30(19-17-28)46-9-4)32(38)35(44)41(33)29(26-42)25-27-14-12-11-13-15-27/h7-8,11-19,29,31-33,42H,2-3,6,9-10,20-26H2,1,4-5H3/t29-,31-,32+,33?,37+,38?/m1/s1. The summed E-state index contributed by atoms with van der Waals surface area (Å²) in [7, 11) is 0. The lowest BCUT2D eigenvalue weighted by atomic mass is 9.66. The van der Waals surface area contributed by atoms with E-state index in [0.29, 0.717) is 50.4 Å². The van der Waals surface area contributed by atoms with E-state index in [2.05, 4.69) is 27.0 Å². The van der Waals surface area contributed by atoms with Crippen molar-refractivity contribution in [3.63, 3.8) is 0 Å². The van der Waals surface area contributed by atoms with Crippen molar-refractivity contribution in [2.24, 2.45) is 11.8 Å². The molecule has 47 heavy (non-hydrogen) atoms. The van der Waals surface area contributed by atoms with E-state index >= 15 is 0 Å². The molecule has 8 nitrogen and oxygen atoms in total. The molecule has 3 aliphatic rings. The highest BCUT2D eigenvalue weighted by molar-refractivity contribution is 8.02. The molecule has 1 N–H and O–H groups in total. The lowest BCUT2D eigenvalue weighted by molar-refractivity contribution is -0.145. The zero-order valence-corrected chi connectivity index (χ0v) is 28.8. The quantitative estimate of drug-likeness (QED) is 0.240. The summed E-state index contributed by atoms with van der Waals surface area (Å²) >= 11 is 1.65. The smallest absolute Gasteiger partial charge is 0.247 e. The maximum Gasteiger partial charge on any atom is 0.247 e. The summed E-state index contributed by atoms with van der Waals surface area (Å²) in [6.07, 6.45) is 6.93. The molecule has 2 unspecified atom stereocenters. The Bertz CT molecular complexity index is 1450. The van der Waals surface area contributed by atoms with Crippen molar-refractivity contribution in [3.05, 3.63) is 85.5 Å². The highest BCUT2D eigenvalue weighted by atomic mass is 32.2. The van der Waals surface area contributed by atoms with Gasteiger partial charge in [-0.3, -0.25) is 14.4 Å². The van der Waals surface area contributed by atoms with Crippen LogP contribution < -0.4 is 9.64 Å². The first kappa shape index (κ1) is 34.8. The number of anilines is 1. The number of hydrogen-bond acceptors (Lipinski definition) is 6. The number of carbonyl (C=O) groups excluding carboxylic acids is 3. The Labute approximate surface area is 283 Å². The van der Waals surface area contributed by atoms with Gasteiger partial charge < -0.3 is 24.5 Å². The van der Waals surface area contributed by atoms with Gasteiger partial charge in [-0.05, 0) is 69.4 Å². The number of aliphatic hydroxyl groups is 1. The number of ether oxygens (including phenoxy) is 1. The maximum atomic E-state index is 15.0. The molecule has 0 radical (unpaired) electrons. The topological polar surface area (TPSA) is 90.4 Å². The van der Waals surface area contributed by atoms with Crippen LogP contribution in [0.15, 0.2) is 79.9 Å². The third-order valence-electron chi connectivity index (χ3n) is 10.1. The Morgan fingerprint density at radius 3 is 2.38 bits per heavy atom. The van der Waals surface area contributed by atoms with E-state index in [1.807, 2.05) is 66.4 Å². The molecule has 2 bridgehead atoms. The van der Waals surface area contributed by atoms with Crippen molar-refractivity contribution in [3.8, 4) is 5.75 Å². The molecule has 3 heterocycles. The van der Waals surface area contributed by atoms with Crippen LogP contribution in [0.3, 0.4) is 0 Å². The molecule has 3 fully saturated rings. The summed E-state index contributed by atoms with van der Waals surface area (Å²) in [5.41, 5.74) is 1.67. The Balaban J connectivity index is 1.58. The van der Waals surface area contributed by atoms with Gasteiger partial charge in [0.05, 0.1) is 35.8 Å². The number of benzene rings is 2. The average Bonchev–Trinajstić information content (AvgIpc) is 3.65. The van der Waals surface area contributed by atoms with E-state index in [1.165, 1.54) is 0 Å². The summed E-state index contributed by atoms with van der Waals surface area (Å²) in [6, 6.07) is 15.7. The van der Waals surface area contributed by atoms with E-state index in [9.17, 15) is 19.5 Å². The average molecular weight is 660 g/mol. The first-order valence-corrected chi connectivity index (χ1v) is 17.7. The summed E-state index contributed by atoms with van der Waals surface area (Å²) in [4.78, 5) is 49.8. The number of hydrogen-bond donors (Lipinski definition) is 1. The molecule has 3 amide bonds. The molecule has 2 aromatic rings. The van der Waals surface area contributed by atoms with Gasteiger partial charge in [0.25, 0.3) is 0 Å². The third-order valence-corrected chi connectivity index (χ3v) is 12.1. The van der Waals surface area contributed by atoms with Gasteiger partial charge in [-0.1, -0.05) is 55.8 Å². The molecular weight excluding hydrogens is 611 g/mol. The summed E-state index contributed by atoms with van der Waals surface area (Å²) in [5, 5.41) is 10.8. The van der Waals surface area contributed by atoms with Crippen molar-refractivity contribution in [1.82, 2.24) is 9.80 Å². The Morgan fingerprint density at radius 2 is 1.77 bits per heavy atom. The van der Waals surface area contributed by atoms with Crippen molar-refractivity contribution in [2.45, 2.75) is 74.5 Å². The van der Waals surface area contributed by atoms with Crippen LogP contribution in [0.25, 0.3) is 0 Å². The Kier molecular flexibility index (Phi) is 10.9. The first-order chi connectivity index (χ1) is 22.7. The number of rotatable bonds is 16. The largest absolute Gasteiger partial charge is 0.494 e. The van der Waals surface area contributed by atoms with Gasteiger partial charge in [0.2, 0.25) is 17.7 Å². The number of nitrogens with zero attached hydrogens (tertiary/aromatic N) is 3. The minimum Gasteiger partial charge on any atom is -0.494 e. The van der Waals surface area contributed by atoms with E-state index in [1.54, 1.807) is 33.7 Å². The van der Waals surface area contributed by atoms with Crippen molar-refractivity contribution in [2.75, 3.05) is 37.7 Å². The first-order valence-electron chi connectivity index (χ1n) is 16.9. The Morgan fingerprint density at radius 1 is 1.06 bits per heavy atom. The molecular formula is C38H49N3O5S. The minimum atomic E-state index is -0.805. The second kappa shape index (κ2) is 14.7. The van der Waals surface area contributed by atoms with E-state index in [-0.39, 0.29) is 30.9 Å². The Hall–Kier alpha value is -3.56. The molecule has 0 aromatic heterocycles. The van der Waals surface area contributed by atoms with Crippen LogP contribution in [0.2, 0.25) is 0 Å². The van der Waals surface area contributed by atoms with Gasteiger partial charge in [0, 0.05) is 30.1 Å². The summed E-state index contributed by atoms with van der Waals surface area (Å²) < 4.78 is 4.30. The van der Waals surface area contributed by atoms with Gasteiger partial charge in [-0.15, -0.1) is 24.9 Å². The van der Waals surface area contributed by atoms with E-state index < -0.39 is 33.4 Å². The molecule has 252 valence electrons. The molecule has 0 aliphatic carbocycles. The molecule has 6 atom stereocenters. The SMILES string of the molecule is C=CCN(CCCC)C(=O)C1N([C@@H](CO)Cc2ccccc2)C(=O)[C@@H]2[C@H](C(=O)N(CC=C)c3ccc(OCC)cc3)[C@]3(C)CCC12S3. The number of thioether (sulfide) groups is 1. The fourth-order valence-electron chi connectivity index (χ4n) is 8.03. The van der Waals surface area contributed by atoms with Crippen LogP contribution in [0.5, 0.6) is 5.75 Å². The van der Waals surface area contributed by atoms with Crippen LogP contribution in [-0.2, 0) is 20.8 Å². The summed E-state index contributed by atoms with van der Waals surface area (Å²) in [6.45, 7) is 15.4. The predicted octanol–water partition coefficient (Wildman–Crippen LogP) is 5.50. The number of carbonyl (C=O) groups is 3. The van der Waals surface area contributed by atoms with Gasteiger partial charge in [0.1, 0.15) is 11.8 Å². The fraction of sp³-hybridized carbons (Fsp3) is 0.500. The highest BCUT2D eigenvalue weighted by Gasteiger charge is 2.78. The number of unbranched alkanes of at least 4 members (excludes halogenated alkanes) is 1. The van der Waals surface area contributed by atoms with Crippen molar-refractivity contribution in [1.29, 1.82) is 0 Å². The van der Waals surface area contributed by atoms with Crippen LogP contribution in [0, 0.1) is 11.8 Å². The van der Waals surface area contributed by atoms with Gasteiger partial charge >= 0.3 is 0 Å². The van der Waals surface area contributed by atoms with Crippen molar-refractivity contribution < 1.29 is 24.2 Å². The fourth-order valence-corrected chi connectivity index (χ4v) is 10.4. The maximum absolute atomic E-state index is 15.0. The highest BCUT2D eigenvalue weighted by Crippen LogP contribution is 2.72. The summed E-state index contributed by atoms with van der Waals surface area (Å²) in [5.74, 6) is -1.13. The predicted molar refractivity (Wildman–Crippen MR) is 188 cm³/mol. The molecule has 2 aromatic carbocycles. The van der Waals surface area contributed by atoms with Gasteiger partial charge in [0.15, 0.2) is 0 Å². The second-order valence-electron chi connectivity index (χ2n) is 13.1. The normalized spacial score (nSPS) is 26.5. The number of fused-ring (bicyclic) bond motifs is 1. The monoisotopic (exact) mass is 659 g/mol. The number of aliphatic hydroxyl groups excluding tert-OH is 1. The van der Waals surface area contributed by atoms with Gasteiger partial charge in [-0.2, -0.15) is 0 Å². The minimum absolute atomic E-state index is 0.125. The van der Waals surface area contributed by atoms with Crippen LogP contribution in [-0.4, -0.2) is 87.1 Å². The molecule has 5 rings (SSSR count). The third kappa shape index (κ3) is 6.36. The van der Waals surface area contributed by atoms with Gasteiger partial charge in [-0.25, -0.2) is 0 Å². The lowest BCUT2D eigenvalue weighted by Crippen LogP contribution is -2.58. The van der Waals surface area contributed by atoms with E-state index in [4.69, 9.17) is 4.74 Å². The molecule has 3 aliphatic heterocycles. The molecule has 3 saturated heterocycles. The van der Waals surface area contributed by atoms with E-state index in [0.717, 1.165) is 18.4 Å². The zero-order valence-electron chi connectivity index (χ0n) is 28.0. The van der Waals surface area contributed by atoms with Crippen LogP contribution in [0.1, 0.15) is 52.0 Å². The lowest BCUT2D eigenvalue weighted by Gasteiger charge is -2.39. The number of amides is 3. The zero-order chi connectivity index (χ0) is 33.8. The van der Waals surface area contributed by atoms with Crippen LogP contribution >= 0.6 is 11.8 Å².